The molecule has 158 valence electrons. The molecule has 9 heteroatoms. The van der Waals surface area contributed by atoms with Gasteiger partial charge in [0, 0.05) is 39.4 Å². The van der Waals surface area contributed by atoms with Crippen LogP contribution in [0.2, 0.25) is 5.02 Å². The number of carbonyl (C=O) groups excluding carboxylic acids is 3. The molecule has 1 fully saturated rings. The van der Waals surface area contributed by atoms with Crippen LogP contribution in [-0.4, -0.2) is 33.1 Å². The van der Waals surface area contributed by atoms with Gasteiger partial charge in [0.1, 0.15) is 6.54 Å². The Hall–Kier alpha value is -2.55. The van der Waals surface area contributed by atoms with Gasteiger partial charge in [0.25, 0.3) is 11.1 Å². The number of benzene rings is 2. The van der Waals surface area contributed by atoms with E-state index in [9.17, 15) is 14.4 Å². The number of imide groups is 1. The van der Waals surface area contributed by atoms with Gasteiger partial charge in [0.05, 0.1) is 9.93 Å². The number of thioether (sulfide) groups is 1. The van der Waals surface area contributed by atoms with E-state index in [0.29, 0.717) is 20.1 Å². The second kappa shape index (κ2) is 8.53. The summed E-state index contributed by atoms with van der Waals surface area (Å²) in [7, 11) is 1.96. The van der Waals surface area contributed by atoms with E-state index in [-0.39, 0.29) is 6.54 Å². The van der Waals surface area contributed by atoms with Crippen molar-refractivity contribution in [1.82, 2.24) is 9.47 Å². The highest BCUT2D eigenvalue weighted by Crippen LogP contribution is 2.35. The number of nitrogens with one attached hydrogen (secondary N) is 1. The number of hydrogen-bond acceptors (Lipinski definition) is 4. The van der Waals surface area contributed by atoms with Gasteiger partial charge in [0.2, 0.25) is 5.91 Å². The first-order valence-electron chi connectivity index (χ1n) is 9.30. The Labute approximate surface area is 196 Å². The van der Waals surface area contributed by atoms with Crippen molar-refractivity contribution < 1.29 is 14.4 Å². The topological polar surface area (TPSA) is 71.4 Å². The SMILES string of the molecule is Cc1c(/C=C2\SC(=O)N(CC(=O)Nc3ccc(Br)c(Cl)c3)C2=O)c2ccccc2n1C. The van der Waals surface area contributed by atoms with Crippen molar-refractivity contribution in [3.63, 3.8) is 0 Å². The number of fused-ring (bicyclic) bond motifs is 1. The quantitative estimate of drug-likeness (QED) is 0.458. The lowest BCUT2D eigenvalue weighted by molar-refractivity contribution is -0.127. The van der Waals surface area contributed by atoms with Gasteiger partial charge in [-0.25, -0.2) is 0 Å². The molecular formula is C22H17BrClN3O3S. The third-order valence-corrected chi connectivity index (χ3v) is 7.24. The van der Waals surface area contributed by atoms with Crippen LogP contribution in [0.4, 0.5) is 10.5 Å². The fourth-order valence-corrected chi connectivity index (χ4v) is 4.66. The predicted molar refractivity (Wildman–Crippen MR) is 128 cm³/mol. The van der Waals surface area contributed by atoms with Crippen LogP contribution in [0.3, 0.4) is 0 Å². The molecular weight excluding hydrogens is 502 g/mol. The van der Waals surface area contributed by atoms with Crippen LogP contribution >= 0.6 is 39.3 Å². The van der Waals surface area contributed by atoms with Gasteiger partial charge in [-0.2, -0.15) is 0 Å². The smallest absolute Gasteiger partial charge is 0.294 e. The number of para-hydroxylation sites is 1. The monoisotopic (exact) mass is 517 g/mol. The van der Waals surface area contributed by atoms with E-state index in [2.05, 4.69) is 21.2 Å². The van der Waals surface area contributed by atoms with E-state index in [1.165, 1.54) is 0 Å². The van der Waals surface area contributed by atoms with E-state index < -0.39 is 17.1 Å². The first-order valence-corrected chi connectivity index (χ1v) is 11.3. The summed E-state index contributed by atoms with van der Waals surface area (Å²) < 4.78 is 2.74. The van der Waals surface area contributed by atoms with Gasteiger partial charge >= 0.3 is 0 Å². The van der Waals surface area contributed by atoms with Gasteiger partial charge in [-0.15, -0.1) is 0 Å². The molecule has 0 radical (unpaired) electrons. The molecule has 1 aromatic heterocycles. The van der Waals surface area contributed by atoms with Gasteiger partial charge in [0.15, 0.2) is 0 Å². The lowest BCUT2D eigenvalue weighted by Crippen LogP contribution is -2.36. The van der Waals surface area contributed by atoms with Crippen molar-refractivity contribution in [2.45, 2.75) is 6.92 Å². The highest BCUT2D eigenvalue weighted by Gasteiger charge is 2.36. The van der Waals surface area contributed by atoms with Crippen molar-refractivity contribution in [1.29, 1.82) is 0 Å². The Morgan fingerprint density at radius 3 is 2.71 bits per heavy atom. The van der Waals surface area contributed by atoms with Crippen LogP contribution in [0, 0.1) is 6.92 Å². The number of nitrogens with zero attached hydrogens (tertiary/aromatic N) is 2. The number of rotatable bonds is 4. The molecule has 2 heterocycles. The molecule has 1 aliphatic rings. The fraction of sp³-hybridized carbons (Fsp3) is 0.136. The van der Waals surface area contributed by atoms with Gasteiger partial charge in [-0.3, -0.25) is 19.3 Å². The Kier molecular flexibility index (Phi) is 5.96. The molecule has 6 nitrogen and oxygen atoms in total. The summed E-state index contributed by atoms with van der Waals surface area (Å²) in [6.45, 7) is 1.59. The number of amides is 3. The second-order valence-corrected chi connectivity index (χ2v) is 9.27. The highest BCUT2D eigenvalue weighted by atomic mass is 79.9. The molecule has 3 aromatic rings. The summed E-state index contributed by atoms with van der Waals surface area (Å²) >= 11 is 10.2. The van der Waals surface area contributed by atoms with Crippen LogP contribution in [-0.2, 0) is 16.6 Å². The summed E-state index contributed by atoms with van der Waals surface area (Å²) in [4.78, 5) is 39.0. The summed E-state index contributed by atoms with van der Waals surface area (Å²) in [6, 6.07) is 12.8. The van der Waals surface area contributed by atoms with Gasteiger partial charge in [-0.05, 0) is 65.0 Å². The Balaban J connectivity index is 1.55. The number of aromatic nitrogens is 1. The van der Waals surface area contributed by atoms with Crippen molar-refractivity contribution >= 4 is 79.0 Å². The van der Waals surface area contributed by atoms with E-state index in [4.69, 9.17) is 11.6 Å². The average Bonchev–Trinajstić information content (AvgIpc) is 3.14. The van der Waals surface area contributed by atoms with Crippen LogP contribution in [0.15, 0.2) is 51.8 Å². The van der Waals surface area contributed by atoms with Crippen molar-refractivity contribution in [3.05, 3.63) is 68.1 Å². The zero-order valence-electron chi connectivity index (χ0n) is 16.6. The fourth-order valence-electron chi connectivity index (χ4n) is 3.42. The molecule has 1 aliphatic heterocycles. The van der Waals surface area contributed by atoms with Gasteiger partial charge < -0.3 is 9.88 Å². The molecule has 0 bridgehead atoms. The standard InChI is InChI=1S/C22H17BrClN3O3S/c1-12-15(14-5-3-4-6-18(14)26(12)2)10-19-21(29)27(22(30)31-19)11-20(28)25-13-7-8-16(23)17(24)9-13/h3-10H,11H2,1-2H3,(H,25,28)/b19-10-. The maximum absolute atomic E-state index is 12.9. The normalized spacial score (nSPS) is 15.4. The van der Waals surface area contributed by atoms with Gasteiger partial charge in [-0.1, -0.05) is 29.8 Å². The minimum absolute atomic E-state index is 0.295. The van der Waals surface area contributed by atoms with Crippen LogP contribution in [0.25, 0.3) is 17.0 Å². The minimum Gasteiger partial charge on any atom is -0.347 e. The summed E-state index contributed by atoms with van der Waals surface area (Å²) in [5, 5.41) is 3.62. The van der Waals surface area contributed by atoms with Crippen LogP contribution in [0.5, 0.6) is 0 Å². The van der Waals surface area contributed by atoms with E-state index >= 15 is 0 Å². The molecule has 2 aromatic carbocycles. The third kappa shape index (κ3) is 4.15. The first kappa shape index (κ1) is 21.7. The van der Waals surface area contributed by atoms with E-state index in [1.54, 1.807) is 24.3 Å². The lowest BCUT2D eigenvalue weighted by atomic mass is 10.1. The first-order chi connectivity index (χ1) is 14.8. The lowest BCUT2D eigenvalue weighted by Gasteiger charge is -2.12. The maximum atomic E-state index is 12.9. The zero-order chi connectivity index (χ0) is 22.3. The molecule has 31 heavy (non-hydrogen) atoms. The van der Waals surface area contributed by atoms with Crippen LogP contribution < -0.4 is 5.32 Å². The molecule has 0 atom stereocenters. The molecule has 0 unspecified atom stereocenters. The maximum Gasteiger partial charge on any atom is 0.294 e. The Morgan fingerprint density at radius 1 is 1.23 bits per heavy atom. The van der Waals surface area contributed by atoms with E-state index in [0.717, 1.165) is 38.8 Å². The molecule has 1 saturated heterocycles. The molecule has 3 amide bonds. The number of carbonyl (C=O) groups is 3. The Bertz CT molecular complexity index is 1280. The number of anilines is 1. The zero-order valence-corrected chi connectivity index (χ0v) is 19.8. The number of halogens is 2. The largest absolute Gasteiger partial charge is 0.347 e. The summed E-state index contributed by atoms with van der Waals surface area (Å²) in [5.74, 6) is -0.963. The van der Waals surface area contributed by atoms with E-state index in [1.807, 2.05) is 42.8 Å². The number of aryl methyl sites for hydroxylation is 1. The summed E-state index contributed by atoms with van der Waals surface area (Å²) in [6.07, 6.45) is 1.73. The van der Waals surface area contributed by atoms with Crippen molar-refractivity contribution in [2.75, 3.05) is 11.9 Å². The minimum atomic E-state index is -0.483. The second-order valence-electron chi connectivity index (χ2n) is 7.02. The molecule has 0 spiro atoms. The molecule has 0 aliphatic carbocycles. The molecule has 1 N–H and O–H groups in total. The van der Waals surface area contributed by atoms with Crippen molar-refractivity contribution in [3.8, 4) is 0 Å². The molecule has 4 rings (SSSR count). The summed E-state index contributed by atoms with van der Waals surface area (Å²) in [5.41, 5.74) is 3.39. The van der Waals surface area contributed by atoms with Crippen molar-refractivity contribution in [2.24, 2.45) is 7.05 Å². The molecule has 0 saturated carbocycles. The highest BCUT2D eigenvalue weighted by molar-refractivity contribution is 9.10. The predicted octanol–water partition coefficient (Wildman–Crippen LogP) is 5.58. The average molecular weight is 519 g/mol. The van der Waals surface area contributed by atoms with Crippen LogP contribution in [0.1, 0.15) is 11.3 Å². The Morgan fingerprint density at radius 2 is 1.97 bits per heavy atom. The third-order valence-electron chi connectivity index (χ3n) is 5.10. The number of hydrogen-bond donors (Lipinski definition) is 1.